The lowest BCUT2D eigenvalue weighted by molar-refractivity contribution is -0.394. The number of anilines is 2. The van der Waals surface area contributed by atoms with Crippen molar-refractivity contribution in [1.29, 1.82) is 0 Å². The topological polar surface area (TPSA) is 89.5 Å². The van der Waals surface area contributed by atoms with E-state index < -0.39 is 70.2 Å². The maximum absolute atomic E-state index is 14.6. The molecule has 0 amide bonds. The summed E-state index contributed by atoms with van der Waals surface area (Å²) in [5, 5.41) is 19.8. The molecule has 0 atom stereocenters. The van der Waals surface area contributed by atoms with Gasteiger partial charge >= 0.3 is 6.18 Å². The Kier molecular flexibility index (Phi) is 6.38. The molecule has 29 heavy (non-hydrogen) atoms. The molecule has 0 saturated heterocycles. The molecule has 156 valence electrons. The lowest BCUT2D eigenvalue weighted by Gasteiger charge is -2.25. The van der Waals surface area contributed by atoms with Crippen LogP contribution in [0.4, 0.5) is 40.3 Å². The van der Waals surface area contributed by atoms with Gasteiger partial charge in [0.1, 0.15) is 5.69 Å². The van der Waals surface area contributed by atoms with Crippen molar-refractivity contribution in [3.05, 3.63) is 63.8 Å². The van der Waals surface area contributed by atoms with Crippen LogP contribution in [-0.2, 0) is 6.18 Å². The first-order valence-electron chi connectivity index (χ1n) is 6.99. The summed E-state index contributed by atoms with van der Waals surface area (Å²) in [6, 6.07) is 0.371. The SMILES string of the molecule is CN(c1c([N+](=O)[O-])cc([N+](=O)[O-])cc1C(F)(F)F)c1c(F)c(Cl)c(Cl)c(Cl)c1Cl. The number of benzene rings is 2. The Balaban J connectivity index is 2.98. The van der Waals surface area contributed by atoms with E-state index in [0.29, 0.717) is 11.0 Å². The number of nitro groups is 2. The number of alkyl halides is 3. The average molecular weight is 497 g/mol. The van der Waals surface area contributed by atoms with E-state index in [2.05, 4.69) is 0 Å². The number of halogens is 8. The van der Waals surface area contributed by atoms with Crippen LogP contribution in [0.15, 0.2) is 12.1 Å². The first-order valence-corrected chi connectivity index (χ1v) is 8.50. The highest BCUT2D eigenvalue weighted by Crippen LogP contribution is 2.51. The molecular weight excluding hydrogens is 492 g/mol. The Morgan fingerprint density at radius 1 is 0.897 bits per heavy atom. The number of nitro benzene ring substituents is 2. The van der Waals surface area contributed by atoms with Gasteiger partial charge in [0, 0.05) is 13.1 Å². The van der Waals surface area contributed by atoms with Crippen LogP contribution in [0, 0.1) is 26.0 Å². The molecule has 0 bridgehead atoms. The summed E-state index contributed by atoms with van der Waals surface area (Å²) >= 11 is 23.0. The molecule has 0 N–H and O–H groups in total. The van der Waals surface area contributed by atoms with Gasteiger partial charge in [0.05, 0.1) is 47.3 Å². The second-order valence-electron chi connectivity index (χ2n) is 5.35. The fraction of sp³-hybridized carbons (Fsp3) is 0.143. The van der Waals surface area contributed by atoms with Crippen LogP contribution in [0.5, 0.6) is 0 Å². The summed E-state index contributed by atoms with van der Waals surface area (Å²) in [5.41, 5.74) is -6.37. The summed E-state index contributed by atoms with van der Waals surface area (Å²) in [7, 11) is 0.814. The smallest absolute Gasteiger partial charge is 0.335 e. The molecule has 0 saturated carbocycles. The molecule has 0 radical (unpaired) electrons. The van der Waals surface area contributed by atoms with E-state index in [-0.39, 0.29) is 6.07 Å². The van der Waals surface area contributed by atoms with Gasteiger partial charge in [0.25, 0.3) is 11.4 Å². The number of nitrogens with zero attached hydrogens (tertiary/aromatic N) is 3. The molecule has 7 nitrogen and oxygen atoms in total. The normalized spacial score (nSPS) is 11.5. The maximum Gasteiger partial charge on any atom is 0.418 e. The number of rotatable bonds is 4. The highest BCUT2D eigenvalue weighted by Gasteiger charge is 2.42. The molecule has 2 rings (SSSR count). The van der Waals surface area contributed by atoms with Crippen molar-refractivity contribution in [3.8, 4) is 0 Å². The van der Waals surface area contributed by atoms with Gasteiger partial charge in [-0.1, -0.05) is 46.4 Å². The summed E-state index contributed by atoms with van der Waals surface area (Å²) in [6.45, 7) is 0. The Bertz CT molecular complexity index is 1020. The molecule has 0 heterocycles. The van der Waals surface area contributed by atoms with Crippen LogP contribution >= 0.6 is 46.4 Å². The van der Waals surface area contributed by atoms with Crippen LogP contribution in [0.3, 0.4) is 0 Å². The molecular formula is C14H5Cl4F4N3O4. The lowest BCUT2D eigenvalue weighted by atomic mass is 10.1. The summed E-state index contributed by atoms with van der Waals surface area (Å²) in [4.78, 5) is 20.1. The fourth-order valence-electron chi connectivity index (χ4n) is 2.42. The van der Waals surface area contributed by atoms with E-state index in [9.17, 15) is 37.8 Å². The van der Waals surface area contributed by atoms with Crippen molar-refractivity contribution >= 4 is 69.2 Å². The minimum atomic E-state index is -5.29. The van der Waals surface area contributed by atoms with E-state index in [1.54, 1.807) is 0 Å². The Morgan fingerprint density at radius 2 is 1.41 bits per heavy atom. The fourth-order valence-corrected chi connectivity index (χ4v) is 3.36. The van der Waals surface area contributed by atoms with E-state index >= 15 is 0 Å². The molecule has 0 spiro atoms. The van der Waals surface area contributed by atoms with E-state index in [4.69, 9.17) is 46.4 Å². The summed E-state index contributed by atoms with van der Waals surface area (Å²) < 4.78 is 55.3. The van der Waals surface area contributed by atoms with Crippen molar-refractivity contribution in [1.82, 2.24) is 0 Å². The highest BCUT2D eigenvalue weighted by molar-refractivity contribution is 6.52. The number of hydrogen-bond acceptors (Lipinski definition) is 5. The summed E-state index contributed by atoms with van der Waals surface area (Å²) in [5.74, 6) is -1.41. The number of hydrogen-bond donors (Lipinski definition) is 0. The predicted molar refractivity (Wildman–Crippen MR) is 99.3 cm³/mol. The maximum atomic E-state index is 14.6. The van der Waals surface area contributed by atoms with Crippen LogP contribution in [0.1, 0.15) is 5.56 Å². The van der Waals surface area contributed by atoms with Crippen LogP contribution in [0.2, 0.25) is 20.1 Å². The third kappa shape index (κ3) is 4.13. The molecule has 0 aliphatic rings. The van der Waals surface area contributed by atoms with Crippen LogP contribution in [-0.4, -0.2) is 16.9 Å². The predicted octanol–water partition coefficient (Wildman–Crippen LogP) is 7.04. The monoisotopic (exact) mass is 495 g/mol. The van der Waals surface area contributed by atoms with E-state index in [1.807, 2.05) is 0 Å². The van der Waals surface area contributed by atoms with Crippen LogP contribution in [0.25, 0.3) is 0 Å². The van der Waals surface area contributed by atoms with E-state index in [1.165, 1.54) is 0 Å². The largest absolute Gasteiger partial charge is 0.418 e. The molecule has 0 aliphatic heterocycles. The zero-order valence-electron chi connectivity index (χ0n) is 13.7. The zero-order valence-corrected chi connectivity index (χ0v) is 16.7. The van der Waals surface area contributed by atoms with Gasteiger partial charge in [-0.05, 0) is 0 Å². The van der Waals surface area contributed by atoms with Crippen molar-refractivity contribution in [2.75, 3.05) is 11.9 Å². The molecule has 0 fully saturated rings. The second kappa shape index (κ2) is 7.98. The van der Waals surface area contributed by atoms with Gasteiger partial charge in [-0.3, -0.25) is 20.2 Å². The number of non-ortho nitro benzene ring substituents is 1. The molecule has 0 aromatic heterocycles. The molecule has 2 aromatic rings. The van der Waals surface area contributed by atoms with E-state index in [0.717, 1.165) is 7.05 Å². The Morgan fingerprint density at radius 3 is 1.86 bits per heavy atom. The summed E-state index contributed by atoms with van der Waals surface area (Å²) in [6.07, 6.45) is -5.29. The standard InChI is InChI=1S/C14H5Cl4F4N3O4/c1-23(13-10(18)8(16)7(15)9(17)11(13)19)12-5(14(20,21)22)2-4(24(26)27)3-6(12)25(28)29/h2-3H,1H3. The van der Waals surface area contributed by atoms with Crippen molar-refractivity contribution < 1.29 is 27.4 Å². The first kappa shape index (κ1) is 23.2. The quantitative estimate of drug-likeness (QED) is 0.149. The second-order valence-corrected chi connectivity index (χ2v) is 6.86. The van der Waals surface area contributed by atoms with Crippen LogP contribution < -0.4 is 4.90 Å². The molecule has 15 heteroatoms. The zero-order chi connectivity index (χ0) is 22.4. The lowest BCUT2D eigenvalue weighted by Crippen LogP contribution is -2.20. The van der Waals surface area contributed by atoms with Gasteiger partial charge in [-0.25, -0.2) is 4.39 Å². The van der Waals surface area contributed by atoms with Gasteiger partial charge < -0.3 is 4.90 Å². The van der Waals surface area contributed by atoms with Gasteiger partial charge in [0.15, 0.2) is 5.82 Å². The van der Waals surface area contributed by atoms with Crippen molar-refractivity contribution in [2.24, 2.45) is 0 Å². The first-order chi connectivity index (χ1) is 13.2. The van der Waals surface area contributed by atoms with Gasteiger partial charge in [0.2, 0.25) is 0 Å². The average Bonchev–Trinajstić information content (AvgIpc) is 2.62. The minimum Gasteiger partial charge on any atom is -0.335 e. The molecule has 0 unspecified atom stereocenters. The molecule has 0 aliphatic carbocycles. The van der Waals surface area contributed by atoms with Gasteiger partial charge in [-0.15, -0.1) is 0 Å². The minimum absolute atomic E-state index is 0.0732. The van der Waals surface area contributed by atoms with Crippen molar-refractivity contribution in [2.45, 2.75) is 6.18 Å². The Labute approximate surface area is 178 Å². The third-order valence-corrected chi connectivity index (χ3v) is 5.41. The highest BCUT2D eigenvalue weighted by atomic mass is 35.5. The Hall–Kier alpha value is -2.08. The van der Waals surface area contributed by atoms with Crippen molar-refractivity contribution in [3.63, 3.8) is 0 Å². The molecule has 2 aromatic carbocycles. The third-order valence-electron chi connectivity index (χ3n) is 3.64. The van der Waals surface area contributed by atoms with Gasteiger partial charge in [-0.2, -0.15) is 13.2 Å².